The molecule has 0 saturated heterocycles. The minimum Gasteiger partial charge on any atom is -0.0882 e. The van der Waals surface area contributed by atoms with E-state index in [9.17, 15) is 0 Å². The molecule has 2 rings (SSSR count). The van der Waals surface area contributed by atoms with Gasteiger partial charge in [0.25, 0.3) is 0 Å². The Bertz CT molecular complexity index is 299. The van der Waals surface area contributed by atoms with Gasteiger partial charge in [0.1, 0.15) is 0 Å². The van der Waals surface area contributed by atoms with Gasteiger partial charge in [0.05, 0.1) is 0 Å². The standard InChI is InChI=1S/C23H42/c1-2-3-4-5-8-11-15-22-17-13-18-23(22)16-12-9-6-7-10-14-21-19-20-21/h11,15,21-23H,2-10,12-14,16-20H2,1H3/b15-11+/t22-,23-/m0/s1. The van der Waals surface area contributed by atoms with Gasteiger partial charge in [-0.05, 0) is 49.9 Å². The average Bonchev–Trinajstić information content (AvgIpc) is 3.28. The molecule has 2 aliphatic carbocycles. The van der Waals surface area contributed by atoms with E-state index < -0.39 is 0 Å². The summed E-state index contributed by atoms with van der Waals surface area (Å²) in [5.74, 6) is 3.09. The van der Waals surface area contributed by atoms with Crippen LogP contribution in [0.15, 0.2) is 12.2 Å². The van der Waals surface area contributed by atoms with Crippen molar-refractivity contribution in [3.05, 3.63) is 12.2 Å². The summed E-state index contributed by atoms with van der Waals surface area (Å²) in [6.45, 7) is 2.30. The van der Waals surface area contributed by atoms with Crippen LogP contribution < -0.4 is 0 Å². The minimum absolute atomic E-state index is 0.927. The van der Waals surface area contributed by atoms with Crippen LogP contribution in [-0.4, -0.2) is 0 Å². The molecule has 0 aromatic carbocycles. The molecule has 2 atom stereocenters. The van der Waals surface area contributed by atoms with Crippen molar-refractivity contribution in [1.82, 2.24) is 0 Å². The van der Waals surface area contributed by atoms with Gasteiger partial charge in [-0.1, -0.05) is 96.1 Å². The molecule has 0 spiro atoms. The number of allylic oxidation sites excluding steroid dienone is 2. The molecule has 0 radical (unpaired) electrons. The SMILES string of the molecule is CCCCCC/C=C/[C@H]1CCC[C@@H]1CCCCCCCC1CC1. The van der Waals surface area contributed by atoms with Crippen LogP contribution in [0.1, 0.15) is 116 Å². The van der Waals surface area contributed by atoms with Crippen molar-refractivity contribution in [2.75, 3.05) is 0 Å². The second-order valence-corrected chi connectivity index (χ2v) is 8.42. The summed E-state index contributed by atoms with van der Waals surface area (Å²) < 4.78 is 0. The van der Waals surface area contributed by atoms with Crippen LogP contribution in [0.3, 0.4) is 0 Å². The highest BCUT2D eigenvalue weighted by molar-refractivity contribution is 4.94. The van der Waals surface area contributed by atoms with Crippen LogP contribution in [0.4, 0.5) is 0 Å². The summed E-state index contributed by atoms with van der Waals surface area (Å²) in [7, 11) is 0. The highest BCUT2D eigenvalue weighted by atomic mass is 14.3. The molecular formula is C23H42. The second-order valence-electron chi connectivity index (χ2n) is 8.42. The molecule has 0 N–H and O–H groups in total. The van der Waals surface area contributed by atoms with Crippen molar-refractivity contribution < 1.29 is 0 Å². The summed E-state index contributed by atoms with van der Waals surface area (Å²) in [5, 5.41) is 0. The lowest BCUT2D eigenvalue weighted by atomic mass is 9.90. The largest absolute Gasteiger partial charge is 0.0882 e. The maximum absolute atomic E-state index is 2.60. The van der Waals surface area contributed by atoms with Gasteiger partial charge in [-0.2, -0.15) is 0 Å². The Hall–Kier alpha value is -0.260. The molecule has 2 saturated carbocycles. The molecule has 0 amide bonds. The Kier molecular flexibility index (Phi) is 10.1. The molecule has 23 heavy (non-hydrogen) atoms. The fraction of sp³-hybridized carbons (Fsp3) is 0.913. The number of unbranched alkanes of at least 4 members (excludes halogenated alkanes) is 8. The van der Waals surface area contributed by atoms with E-state index in [4.69, 9.17) is 0 Å². The van der Waals surface area contributed by atoms with Gasteiger partial charge in [-0.25, -0.2) is 0 Å². The van der Waals surface area contributed by atoms with Crippen molar-refractivity contribution >= 4 is 0 Å². The van der Waals surface area contributed by atoms with E-state index in [1.54, 1.807) is 0 Å². The topological polar surface area (TPSA) is 0 Å². The second kappa shape index (κ2) is 12.2. The summed E-state index contributed by atoms with van der Waals surface area (Å²) in [4.78, 5) is 0. The minimum atomic E-state index is 0.927. The zero-order valence-electron chi connectivity index (χ0n) is 15.9. The van der Waals surface area contributed by atoms with E-state index in [1.807, 2.05) is 0 Å². The third-order valence-corrected chi connectivity index (χ3v) is 6.21. The fourth-order valence-electron chi connectivity index (χ4n) is 4.41. The Morgan fingerprint density at radius 1 is 0.739 bits per heavy atom. The molecule has 0 aromatic heterocycles. The van der Waals surface area contributed by atoms with Crippen LogP contribution in [0, 0.1) is 17.8 Å². The van der Waals surface area contributed by atoms with E-state index in [0.717, 1.165) is 17.8 Å². The lowest BCUT2D eigenvalue weighted by molar-refractivity contribution is 0.401. The van der Waals surface area contributed by atoms with Crippen molar-refractivity contribution in [2.24, 2.45) is 17.8 Å². The van der Waals surface area contributed by atoms with Crippen LogP contribution in [0.2, 0.25) is 0 Å². The Labute approximate surface area is 146 Å². The molecule has 0 heteroatoms. The summed E-state index contributed by atoms with van der Waals surface area (Å²) >= 11 is 0. The first-order valence-corrected chi connectivity index (χ1v) is 11.1. The quantitative estimate of drug-likeness (QED) is 0.224. The van der Waals surface area contributed by atoms with Crippen molar-refractivity contribution in [3.63, 3.8) is 0 Å². The molecule has 0 heterocycles. The average molecular weight is 319 g/mol. The van der Waals surface area contributed by atoms with E-state index in [2.05, 4.69) is 19.1 Å². The molecular weight excluding hydrogens is 276 g/mol. The zero-order chi connectivity index (χ0) is 16.2. The molecule has 0 nitrogen and oxygen atoms in total. The van der Waals surface area contributed by atoms with Crippen LogP contribution in [-0.2, 0) is 0 Å². The van der Waals surface area contributed by atoms with Crippen LogP contribution >= 0.6 is 0 Å². The Morgan fingerprint density at radius 3 is 2.26 bits per heavy atom. The number of hydrogen-bond acceptors (Lipinski definition) is 0. The lowest BCUT2D eigenvalue weighted by Gasteiger charge is -2.16. The number of rotatable bonds is 14. The highest BCUT2D eigenvalue weighted by Gasteiger charge is 2.24. The lowest BCUT2D eigenvalue weighted by Crippen LogP contribution is -2.05. The molecule has 2 fully saturated rings. The van der Waals surface area contributed by atoms with Gasteiger partial charge in [-0.15, -0.1) is 0 Å². The first kappa shape index (κ1) is 19.1. The fourth-order valence-corrected chi connectivity index (χ4v) is 4.41. The van der Waals surface area contributed by atoms with Gasteiger partial charge < -0.3 is 0 Å². The highest BCUT2D eigenvalue weighted by Crippen LogP contribution is 2.37. The first-order chi connectivity index (χ1) is 11.4. The molecule has 0 unspecified atom stereocenters. The van der Waals surface area contributed by atoms with Crippen molar-refractivity contribution in [2.45, 2.75) is 116 Å². The Balaban J connectivity index is 1.45. The summed E-state index contributed by atoms with van der Waals surface area (Å²) in [6.07, 6.45) is 30.1. The molecule has 2 aliphatic rings. The van der Waals surface area contributed by atoms with Gasteiger partial charge >= 0.3 is 0 Å². The van der Waals surface area contributed by atoms with Crippen molar-refractivity contribution in [3.8, 4) is 0 Å². The third kappa shape index (κ3) is 8.96. The number of hydrogen-bond donors (Lipinski definition) is 0. The van der Waals surface area contributed by atoms with Gasteiger partial charge in [0, 0.05) is 0 Å². The van der Waals surface area contributed by atoms with E-state index in [-0.39, 0.29) is 0 Å². The molecule has 134 valence electrons. The Morgan fingerprint density at radius 2 is 1.48 bits per heavy atom. The van der Waals surface area contributed by atoms with Gasteiger partial charge in [0.15, 0.2) is 0 Å². The van der Waals surface area contributed by atoms with Crippen LogP contribution in [0.25, 0.3) is 0 Å². The van der Waals surface area contributed by atoms with E-state index in [0.29, 0.717) is 0 Å². The van der Waals surface area contributed by atoms with E-state index >= 15 is 0 Å². The predicted octanol–water partition coefficient (Wildman–Crippen LogP) is 8.07. The normalized spacial score (nSPS) is 24.7. The first-order valence-electron chi connectivity index (χ1n) is 11.1. The monoisotopic (exact) mass is 318 g/mol. The van der Waals surface area contributed by atoms with Gasteiger partial charge in [-0.3, -0.25) is 0 Å². The van der Waals surface area contributed by atoms with Gasteiger partial charge in [0.2, 0.25) is 0 Å². The van der Waals surface area contributed by atoms with E-state index in [1.165, 1.54) is 109 Å². The maximum atomic E-state index is 2.60. The summed E-state index contributed by atoms with van der Waals surface area (Å²) in [5.41, 5.74) is 0. The smallest absolute Gasteiger partial charge is 0.0205 e. The molecule has 0 bridgehead atoms. The third-order valence-electron chi connectivity index (χ3n) is 6.21. The predicted molar refractivity (Wildman–Crippen MR) is 104 cm³/mol. The molecule has 0 aliphatic heterocycles. The van der Waals surface area contributed by atoms with Crippen molar-refractivity contribution in [1.29, 1.82) is 0 Å². The van der Waals surface area contributed by atoms with Crippen LogP contribution in [0.5, 0.6) is 0 Å². The summed E-state index contributed by atoms with van der Waals surface area (Å²) in [6, 6.07) is 0. The zero-order valence-corrected chi connectivity index (χ0v) is 15.9. The maximum Gasteiger partial charge on any atom is -0.0205 e. The molecule has 0 aromatic rings.